The maximum atomic E-state index is 11.3. The number of carbonyl (C=O) groups excluding carboxylic acids is 1. The summed E-state index contributed by atoms with van der Waals surface area (Å²) < 4.78 is 16.6. The molecule has 0 aromatic carbocycles. The monoisotopic (exact) mass is 259 g/mol. The molecule has 0 aliphatic carbocycles. The van der Waals surface area contributed by atoms with Crippen LogP contribution >= 0.6 is 0 Å². The van der Waals surface area contributed by atoms with E-state index in [-0.39, 0.29) is 18.8 Å². The van der Waals surface area contributed by atoms with Gasteiger partial charge >= 0.3 is 6.09 Å². The Kier molecular flexibility index (Phi) is 5.88. The van der Waals surface area contributed by atoms with Gasteiger partial charge in [-0.25, -0.2) is 4.79 Å². The second-order valence-corrected chi connectivity index (χ2v) is 5.11. The van der Waals surface area contributed by atoms with Gasteiger partial charge in [-0.05, 0) is 13.3 Å². The first-order valence-electron chi connectivity index (χ1n) is 6.62. The highest BCUT2D eigenvalue weighted by atomic mass is 16.8. The minimum absolute atomic E-state index is 0.152. The van der Waals surface area contributed by atoms with Gasteiger partial charge in [0.25, 0.3) is 0 Å². The molecule has 2 unspecified atom stereocenters. The largest absolute Gasteiger partial charge is 0.447 e. The molecule has 1 rings (SSSR count). The third-order valence-electron chi connectivity index (χ3n) is 2.98. The zero-order valence-electron chi connectivity index (χ0n) is 11.9. The average molecular weight is 259 g/mol. The van der Waals surface area contributed by atoms with E-state index in [4.69, 9.17) is 14.2 Å². The summed E-state index contributed by atoms with van der Waals surface area (Å²) in [6.07, 6.45) is 3.84. The maximum absolute atomic E-state index is 11.3. The molecule has 0 N–H and O–H groups in total. The summed E-state index contributed by atoms with van der Waals surface area (Å²) in [5.74, 6) is -0.510. The Morgan fingerprint density at radius 2 is 2.17 bits per heavy atom. The van der Waals surface area contributed by atoms with E-state index in [0.29, 0.717) is 6.61 Å². The first-order chi connectivity index (χ1) is 8.47. The molecule has 0 spiro atoms. The number of rotatable bonds is 6. The topological polar surface area (TPSA) is 48.0 Å². The number of amides is 1. The van der Waals surface area contributed by atoms with Gasteiger partial charge in [0.05, 0.1) is 6.61 Å². The van der Waals surface area contributed by atoms with Crippen molar-refractivity contribution in [3.63, 3.8) is 0 Å². The highest BCUT2D eigenvalue weighted by molar-refractivity contribution is 5.66. The molecule has 5 heteroatoms. The van der Waals surface area contributed by atoms with E-state index in [9.17, 15) is 4.79 Å². The lowest BCUT2D eigenvalue weighted by atomic mass is 10.1. The molecule has 106 valence electrons. The van der Waals surface area contributed by atoms with Crippen LogP contribution in [-0.4, -0.2) is 50.2 Å². The van der Waals surface area contributed by atoms with E-state index in [0.717, 1.165) is 12.8 Å². The number of unbranched alkanes of at least 4 members (excludes halogenated alkanes) is 2. The van der Waals surface area contributed by atoms with Gasteiger partial charge in [-0.3, -0.25) is 0 Å². The molecule has 0 saturated carbocycles. The lowest BCUT2D eigenvalue weighted by Crippen LogP contribution is -2.30. The minimum atomic E-state index is -0.510. The zero-order chi connectivity index (χ0) is 13.6. The van der Waals surface area contributed by atoms with E-state index in [1.165, 1.54) is 17.7 Å². The van der Waals surface area contributed by atoms with Crippen LogP contribution in [0.15, 0.2) is 0 Å². The van der Waals surface area contributed by atoms with Crippen molar-refractivity contribution in [2.24, 2.45) is 0 Å². The van der Waals surface area contributed by atoms with Crippen molar-refractivity contribution in [3.05, 3.63) is 0 Å². The molecule has 0 aromatic rings. The average Bonchev–Trinajstić information content (AvgIpc) is 2.68. The first-order valence-corrected chi connectivity index (χ1v) is 6.62. The SMILES string of the molecule is CCCCCC1(C)OCC(COC(=O)N(C)C)O1. The summed E-state index contributed by atoms with van der Waals surface area (Å²) in [5, 5.41) is 0. The van der Waals surface area contributed by atoms with Gasteiger partial charge in [0.15, 0.2) is 5.79 Å². The van der Waals surface area contributed by atoms with Gasteiger partial charge in [0.2, 0.25) is 0 Å². The van der Waals surface area contributed by atoms with E-state index >= 15 is 0 Å². The van der Waals surface area contributed by atoms with Crippen LogP contribution in [0.3, 0.4) is 0 Å². The van der Waals surface area contributed by atoms with Crippen molar-refractivity contribution in [1.82, 2.24) is 4.90 Å². The fourth-order valence-corrected chi connectivity index (χ4v) is 1.89. The highest BCUT2D eigenvalue weighted by Crippen LogP contribution is 2.28. The lowest BCUT2D eigenvalue weighted by molar-refractivity contribution is -0.162. The summed E-state index contributed by atoms with van der Waals surface area (Å²) in [7, 11) is 3.31. The third-order valence-corrected chi connectivity index (χ3v) is 2.98. The predicted molar refractivity (Wildman–Crippen MR) is 68.4 cm³/mol. The molecule has 1 aliphatic rings. The van der Waals surface area contributed by atoms with E-state index in [1.807, 2.05) is 6.92 Å². The first kappa shape index (κ1) is 15.2. The lowest BCUT2D eigenvalue weighted by Gasteiger charge is -2.23. The summed E-state index contributed by atoms with van der Waals surface area (Å²) >= 11 is 0. The molecule has 0 radical (unpaired) electrons. The van der Waals surface area contributed by atoms with Gasteiger partial charge < -0.3 is 19.1 Å². The van der Waals surface area contributed by atoms with Crippen LogP contribution in [0.4, 0.5) is 4.79 Å². The Morgan fingerprint density at radius 1 is 1.44 bits per heavy atom. The van der Waals surface area contributed by atoms with Gasteiger partial charge in [-0.1, -0.05) is 19.8 Å². The molecule has 1 fully saturated rings. The molecular weight excluding hydrogens is 234 g/mol. The van der Waals surface area contributed by atoms with Crippen LogP contribution in [0, 0.1) is 0 Å². The van der Waals surface area contributed by atoms with Gasteiger partial charge in [-0.15, -0.1) is 0 Å². The highest BCUT2D eigenvalue weighted by Gasteiger charge is 2.37. The van der Waals surface area contributed by atoms with E-state index < -0.39 is 5.79 Å². The molecule has 0 aromatic heterocycles. The zero-order valence-corrected chi connectivity index (χ0v) is 11.9. The van der Waals surface area contributed by atoms with E-state index in [2.05, 4.69) is 6.92 Å². The normalized spacial score (nSPS) is 27.2. The second kappa shape index (κ2) is 6.95. The fourth-order valence-electron chi connectivity index (χ4n) is 1.89. The Balaban J connectivity index is 2.25. The number of hydrogen-bond acceptors (Lipinski definition) is 4. The van der Waals surface area contributed by atoms with E-state index in [1.54, 1.807) is 14.1 Å². The number of nitrogens with zero attached hydrogens (tertiary/aromatic N) is 1. The molecule has 1 saturated heterocycles. The summed E-state index contributed by atoms with van der Waals surface area (Å²) in [6.45, 7) is 4.86. The Bertz CT molecular complexity index is 270. The maximum Gasteiger partial charge on any atom is 0.409 e. The van der Waals surface area contributed by atoms with Crippen molar-refractivity contribution in [1.29, 1.82) is 0 Å². The minimum Gasteiger partial charge on any atom is -0.447 e. The molecule has 2 atom stereocenters. The standard InChI is InChI=1S/C13H25NO4/c1-5-6-7-8-13(2)17-10-11(18-13)9-16-12(15)14(3)4/h11H,5-10H2,1-4H3. The summed E-state index contributed by atoms with van der Waals surface area (Å²) in [5.41, 5.74) is 0. The molecule has 1 aliphatic heterocycles. The van der Waals surface area contributed by atoms with Crippen LogP contribution in [0.5, 0.6) is 0 Å². The predicted octanol–water partition coefficient (Wildman–Crippen LogP) is 2.40. The number of ether oxygens (including phenoxy) is 3. The Labute approximate surface area is 109 Å². The molecular formula is C13H25NO4. The molecule has 0 bridgehead atoms. The molecule has 1 heterocycles. The molecule has 5 nitrogen and oxygen atoms in total. The van der Waals surface area contributed by atoms with Crippen molar-refractivity contribution in [2.75, 3.05) is 27.3 Å². The van der Waals surface area contributed by atoms with Crippen LogP contribution in [0.25, 0.3) is 0 Å². The van der Waals surface area contributed by atoms with Crippen molar-refractivity contribution >= 4 is 6.09 Å². The smallest absolute Gasteiger partial charge is 0.409 e. The summed E-state index contributed by atoms with van der Waals surface area (Å²) in [4.78, 5) is 12.7. The Morgan fingerprint density at radius 3 is 2.78 bits per heavy atom. The van der Waals surface area contributed by atoms with Gasteiger partial charge in [0.1, 0.15) is 12.7 Å². The van der Waals surface area contributed by atoms with Crippen LogP contribution in [0.2, 0.25) is 0 Å². The molecule has 1 amide bonds. The van der Waals surface area contributed by atoms with Gasteiger partial charge in [0, 0.05) is 20.5 Å². The van der Waals surface area contributed by atoms with Crippen molar-refractivity contribution in [2.45, 2.75) is 51.4 Å². The fraction of sp³-hybridized carbons (Fsp3) is 0.923. The Hall–Kier alpha value is -0.810. The second-order valence-electron chi connectivity index (χ2n) is 5.11. The summed E-state index contributed by atoms with van der Waals surface area (Å²) in [6, 6.07) is 0. The number of carbonyl (C=O) groups is 1. The quantitative estimate of drug-likeness (QED) is 0.687. The van der Waals surface area contributed by atoms with Crippen LogP contribution in [0.1, 0.15) is 39.5 Å². The third kappa shape index (κ3) is 4.82. The van der Waals surface area contributed by atoms with Crippen LogP contribution in [-0.2, 0) is 14.2 Å². The van der Waals surface area contributed by atoms with Crippen molar-refractivity contribution in [3.8, 4) is 0 Å². The van der Waals surface area contributed by atoms with Crippen LogP contribution < -0.4 is 0 Å². The number of hydrogen-bond donors (Lipinski definition) is 0. The van der Waals surface area contributed by atoms with Crippen molar-refractivity contribution < 1.29 is 19.0 Å². The van der Waals surface area contributed by atoms with Gasteiger partial charge in [-0.2, -0.15) is 0 Å². The molecule has 18 heavy (non-hydrogen) atoms.